The van der Waals surface area contributed by atoms with Crippen LogP contribution >= 0.6 is 11.6 Å². The van der Waals surface area contributed by atoms with Gasteiger partial charge in [0.1, 0.15) is 0 Å². The van der Waals surface area contributed by atoms with Crippen LogP contribution in [0.3, 0.4) is 0 Å². The Morgan fingerprint density at radius 3 is 2.55 bits per heavy atom. The zero-order valence-electron chi connectivity index (χ0n) is 6.51. The number of carbonyl (C=O) groups excluding carboxylic acids is 1. The van der Waals surface area contributed by atoms with Crippen molar-refractivity contribution in [2.45, 2.75) is 32.1 Å². The first-order chi connectivity index (χ1) is 5.29. The number of carbonyl (C=O) groups is 1. The van der Waals surface area contributed by atoms with E-state index in [1.807, 2.05) is 0 Å². The average molecular weight is 177 g/mol. The summed E-state index contributed by atoms with van der Waals surface area (Å²) >= 11 is 5.04. The lowest BCUT2D eigenvalue weighted by molar-refractivity contribution is 0.138. The second kappa shape index (κ2) is 4.60. The van der Waals surface area contributed by atoms with Gasteiger partial charge in [0.05, 0.1) is 6.61 Å². The van der Waals surface area contributed by atoms with Crippen LogP contribution in [-0.2, 0) is 4.74 Å². The molecule has 2 nitrogen and oxygen atoms in total. The van der Waals surface area contributed by atoms with Crippen LogP contribution in [0.25, 0.3) is 0 Å². The molecule has 0 amide bonds. The summed E-state index contributed by atoms with van der Waals surface area (Å²) in [6.07, 6.45) is 6.23. The monoisotopic (exact) mass is 176 g/mol. The summed E-state index contributed by atoms with van der Waals surface area (Å²) in [5.41, 5.74) is -0.671. The minimum absolute atomic E-state index is 0.516. The molecule has 0 bridgehead atoms. The third-order valence-corrected chi connectivity index (χ3v) is 2.27. The highest BCUT2D eigenvalue weighted by molar-refractivity contribution is 6.61. The van der Waals surface area contributed by atoms with Crippen LogP contribution in [0, 0.1) is 5.92 Å². The molecule has 64 valence electrons. The molecule has 1 rings (SSSR count). The average Bonchev–Trinajstić information content (AvgIpc) is 2.03. The normalized spacial score (nSPS) is 19.7. The van der Waals surface area contributed by atoms with Crippen LogP contribution in [0.2, 0.25) is 0 Å². The van der Waals surface area contributed by atoms with Crippen LogP contribution in [0.1, 0.15) is 32.1 Å². The lowest BCUT2D eigenvalue weighted by atomic mass is 9.90. The second-order valence-corrected chi connectivity index (χ2v) is 3.36. The van der Waals surface area contributed by atoms with E-state index >= 15 is 0 Å². The first kappa shape index (κ1) is 8.85. The largest absolute Gasteiger partial charge is 0.453 e. The van der Waals surface area contributed by atoms with Crippen molar-refractivity contribution < 1.29 is 9.53 Å². The Morgan fingerprint density at radius 2 is 2.00 bits per heavy atom. The quantitative estimate of drug-likeness (QED) is 0.605. The minimum Gasteiger partial charge on any atom is -0.453 e. The van der Waals surface area contributed by atoms with Gasteiger partial charge in [0, 0.05) is 11.6 Å². The summed E-state index contributed by atoms with van der Waals surface area (Å²) in [6, 6.07) is 0. The molecule has 1 fully saturated rings. The summed E-state index contributed by atoms with van der Waals surface area (Å²) in [5.74, 6) is 0.562. The van der Waals surface area contributed by atoms with Crippen LogP contribution in [0.4, 0.5) is 4.79 Å². The van der Waals surface area contributed by atoms with Gasteiger partial charge < -0.3 is 4.74 Å². The molecule has 3 heteroatoms. The summed E-state index contributed by atoms with van der Waals surface area (Å²) in [4.78, 5) is 10.2. The standard InChI is InChI=1S/C8H13ClO2/c9-8(10)11-6-7-4-2-1-3-5-7/h7H,1-6H2. The van der Waals surface area contributed by atoms with Gasteiger partial charge in [-0.25, -0.2) is 4.79 Å². The van der Waals surface area contributed by atoms with E-state index in [-0.39, 0.29) is 0 Å². The molecule has 11 heavy (non-hydrogen) atoms. The Labute approximate surface area is 71.9 Å². The Hall–Kier alpha value is -0.240. The first-order valence-electron chi connectivity index (χ1n) is 4.11. The lowest BCUT2D eigenvalue weighted by Crippen LogP contribution is -2.13. The molecule has 0 atom stereocenters. The topological polar surface area (TPSA) is 26.3 Å². The highest BCUT2D eigenvalue weighted by Gasteiger charge is 2.14. The van der Waals surface area contributed by atoms with Gasteiger partial charge >= 0.3 is 5.43 Å². The fourth-order valence-corrected chi connectivity index (χ4v) is 1.60. The molecule has 0 N–H and O–H groups in total. The van der Waals surface area contributed by atoms with E-state index in [2.05, 4.69) is 0 Å². The minimum atomic E-state index is -0.671. The van der Waals surface area contributed by atoms with Gasteiger partial charge in [-0.05, 0) is 18.8 Å². The molecule has 0 aliphatic heterocycles. The van der Waals surface area contributed by atoms with Crippen LogP contribution in [-0.4, -0.2) is 12.0 Å². The lowest BCUT2D eigenvalue weighted by Gasteiger charge is -2.20. The molecule has 0 aromatic heterocycles. The number of halogens is 1. The Balaban J connectivity index is 2.09. The third kappa shape index (κ3) is 3.61. The molecule has 0 aromatic rings. The van der Waals surface area contributed by atoms with E-state index in [0.717, 1.165) is 0 Å². The van der Waals surface area contributed by atoms with Crippen LogP contribution in [0.15, 0.2) is 0 Å². The summed E-state index contributed by atoms with van der Waals surface area (Å²) < 4.78 is 4.71. The maximum Gasteiger partial charge on any atom is 0.403 e. The number of hydrogen-bond acceptors (Lipinski definition) is 2. The molecule has 1 saturated carbocycles. The SMILES string of the molecule is O=C(Cl)OCC1CCCCC1. The Morgan fingerprint density at radius 1 is 1.36 bits per heavy atom. The van der Waals surface area contributed by atoms with Crippen LogP contribution < -0.4 is 0 Å². The molecule has 0 unspecified atom stereocenters. The summed E-state index contributed by atoms with van der Waals surface area (Å²) in [7, 11) is 0. The molecule has 0 heterocycles. The van der Waals surface area contributed by atoms with Crippen LogP contribution in [0.5, 0.6) is 0 Å². The molecule has 0 spiro atoms. The Bertz CT molecular complexity index is 130. The molecule has 1 aliphatic rings. The van der Waals surface area contributed by atoms with Gasteiger partial charge in [0.2, 0.25) is 0 Å². The Kier molecular flexibility index (Phi) is 3.70. The van der Waals surface area contributed by atoms with E-state index in [9.17, 15) is 4.79 Å². The highest BCUT2D eigenvalue weighted by Crippen LogP contribution is 2.23. The predicted molar refractivity (Wildman–Crippen MR) is 43.8 cm³/mol. The first-order valence-corrected chi connectivity index (χ1v) is 4.49. The van der Waals surface area contributed by atoms with Crippen molar-refractivity contribution >= 4 is 17.0 Å². The zero-order valence-corrected chi connectivity index (χ0v) is 7.27. The molecule has 0 radical (unpaired) electrons. The van der Waals surface area contributed by atoms with E-state index < -0.39 is 5.43 Å². The van der Waals surface area contributed by atoms with Gasteiger partial charge in [0.15, 0.2) is 0 Å². The van der Waals surface area contributed by atoms with Gasteiger partial charge in [-0.3, -0.25) is 0 Å². The maximum atomic E-state index is 10.2. The van der Waals surface area contributed by atoms with Gasteiger partial charge in [-0.15, -0.1) is 0 Å². The fraction of sp³-hybridized carbons (Fsp3) is 0.875. The van der Waals surface area contributed by atoms with Gasteiger partial charge in [-0.2, -0.15) is 0 Å². The van der Waals surface area contributed by atoms with Crippen molar-refractivity contribution in [2.75, 3.05) is 6.61 Å². The molecule has 0 aromatic carbocycles. The van der Waals surface area contributed by atoms with E-state index in [1.54, 1.807) is 0 Å². The van der Waals surface area contributed by atoms with Gasteiger partial charge in [0.25, 0.3) is 0 Å². The maximum absolute atomic E-state index is 10.2. The van der Waals surface area contributed by atoms with E-state index in [1.165, 1.54) is 32.1 Å². The molecule has 0 saturated heterocycles. The van der Waals surface area contributed by atoms with Crippen molar-refractivity contribution in [1.29, 1.82) is 0 Å². The smallest absolute Gasteiger partial charge is 0.403 e. The fourth-order valence-electron chi connectivity index (χ4n) is 1.54. The van der Waals surface area contributed by atoms with Crippen molar-refractivity contribution in [3.05, 3.63) is 0 Å². The highest BCUT2D eigenvalue weighted by atomic mass is 35.5. The molecular formula is C8H13ClO2. The third-order valence-electron chi connectivity index (χ3n) is 2.16. The summed E-state index contributed by atoms with van der Waals surface area (Å²) in [5, 5.41) is 0. The van der Waals surface area contributed by atoms with Crippen molar-refractivity contribution in [2.24, 2.45) is 5.92 Å². The number of hydrogen-bond donors (Lipinski definition) is 0. The van der Waals surface area contributed by atoms with Crippen molar-refractivity contribution in [3.63, 3.8) is 0 Å². The van der Waals surface area contributed by atoms with Crippen molar-refractivity contribution in [1.82, 2.24) is 0 Å². The molecule has 1 aliphatic carbocycles. The second-order valence-electron chi connectivity index (χ2n) is 3.05. The van der Waals surface area contributed by atoms with Crippen molar-refractivity contribution in [3.8, 4) is 0 Å². The van der Waals surface area contributed by atoms with Gasteiger partial charge in [-0.1, -0.05) is 19.3 Å². The zero-order chi connectivity index (χ0) is 8.10. The summed E-state index contributed by atoms with van der Waals surface area (Å²) in [6.45, 7) is 0.516. The van der Waals surface area contributed by atoms with E-state index in [0.29, 0.717) is 12.5 Å². The van der Waals surface area contributed by atoms with E-state index in [4.69, 9.17) is 16.3 Å². The predicted octanol–water partition coefficient (Wildman–Crippen LogP) is 2.94. The molecular weight excluding hydrogens is 164 g/mol. The number of rotatable bonds is 2. The number of ether oxygens (including phenoxy) is 1.